The van der Waals surface area contributed by atoms with E-state index < -0.39 is 0 Å². The number of hydrogen-bond acceptors (Lipinski definition) is 4. The number of nitrogen functional groups attached to an aromatic ring is 1. The van der Waals surface area contributed by atoms with Gasteiger partial charge < -0.3 is 5.73 Å². The molecule has 0 aliphatic rings. The Labute approximate surface area is 163 Å². The molecule has 0 atom stereocenters. The highest BCUT2D eigenvalue weighted by molar-refractivity contribution is 9.10. The molecule has 3 heterocycles. The van der Waals surface area contributed by atoms with Crippen LogP contribution >= 0.6 is 15.9 Å². The second kappa shape index (κ2) is 6.21. The second-order valence-corrected chi connectivity index (χ2v) is 7.18. The monoisotopic (exact) mass is 418 g/mol. The summed E-state index contributed by atoms with van der Waals surface area (Å²) >= 11 is 3.54. The molecule has 2 aromatic carbocycles. The summed E-state index contributed by atoms with van der Waals surface area (Å²) in [6.45, 7) is 0.742. The lowest BCUT2D eigenvalue weighted by atomic mass is 10.1. The number of anilines is 1. The smallest absolute Gasteiger partial charge is 0.152 e. The average molecular weight is 419 g/mol. The minimum Gasteiger partial charge on any atom is -0.382 e. The highest BCUT2D eigenvalue weighted by Crippen LogP contribution is 2.33. The van der Waals surface area contributed by atoms with Crippen molar-refractivity contribution in [3.63, 3.8) is 0 Å². The summed E-state index contributed by atoms with van der Waals surface area (Å²) in [5, 5.41) is 10.1. The van der Waals surface area contributed by atoms with E-state index in [0.717, 1.165) is 38.7 Å². The van der Waals surface area contributed by atoms with E-state index in [0.29, 0.717) is 5.82 Å². The Morgan fingerprint density at radius 3 is 2.74 bits per heavy atom. The molecule has 5 rings (SSSR count). The largest absolute Gasteiger partial charge is 0.382 e. The summed E-state index contributed by atoms with van der Waals surface area (Å²) in [5.74, 6) is 0.445. The molecule has 132 valence electrons. The SMILES string of the molecule is Nc1ncnn2c(Br)cc(-c3ccc4cn(Cc5ccccc5)nc4c3)c12. The number of aromatic nitrogens is 5. The van der Waals surface area contributed by atoms with Gasteiger partial charge in [-0.2, -0.15) is 10.2 Å². The van der Waals surface area contributed by atoms with Crippen LogP contribution in [0.4, 0.5) is 5.82 Å². The van der Waals surface area contributed by atoms with Crippen LogP contribution < -0.4 is 5.73 Å². The maximum absolute atomic E-state index is 6.10. The predicted octanol–water partition coefficient (Wildman–Crippen LogP) is 4.14. The third-order valence-electron chi connectivity index (χ3n) is 4.59. The lowest BCUT2D eigenvalue weighted by Gasteiger charge is -2.02. The third-order valence-corrected chi connectivity index (χ3v) is 5.16. The highest BCUT2D eigenvalue weighted by Gasteiger charge is 2.14. The number of halogens is 1. The van der Waals surface area contributed by atoms with Gasteiger partial charge in [-0.15, -0.1) is 0 Å². The number of rotatable bonds is 3. The van der Waals surface area contributed by atoms with Crippen LogP contribution in [0.15, 0.2) is 71.7 Å². The first kappa shape index (κ1) is 16.0. The summed E-state index contributed by atoms with van der Waals surface area (Å²) in [6, 6.07) is 18.5. The Bertz CT molecular complexity index is 1270. The van der Waals surface area contributed by atoms with Gasteiger partial charge in [0.2, 0.25) is 0 Å². The molecule has 2 N–H and O–H groups in total. The maximum atomic E-state index is 6.10. The summed E-state index contributed by atoms with van der Waals surface area (Å²) < 4.78 is 4.54. The fourth-order valence-electron chi connectivity index (χ4n) is 3.34. The molecule has 0 aliphatic heterocycles. The molecule has 0 saturated heterocycles. The van der Waals surface area contributed by atoms with E-state index in [1.807, 2.05) is 28.9 Å². The Morgan fingerprint density at radius 1 is 1.04 bits per heavy atom. The molecule has 0 spiro atoms. The van der Waals surface area contributed by atoms with Gasteiger partial charge >= 0.3 is 0 Å². The van der Waals surface area contributed by atoms with E-state index in [-0.39, 0.29) is 0 Å². The van der Waals surface area contributed by atoms with E-state index in [4.69, 9.17) is 10.8 Å². The Kier molecular flexibility index (Phi) is 3.68. The molecule has 0 saturated carbocycles. The van der Waals surface area contributed by atoms with Gasteiger partial charge in [-0.1, -0.05) is 42.5 Å². The summed E-state index contributed by atoms with van der Waals surface area (Å²) in [7, 11) is 0. The normalized spacial score (nSPS) is 11.4. The van der Waals surface area contributed by atoms with E-state index in [1.54, 1.807) is 4.52 Å². The summed E-state index contributed by atoms with van der Waals surface area (Å²) in [6.07, 6.45) is 3.52. The van der Waals surface area contributed by atoms with Gasteiger partial charge in [-0.3, -0.25) is 4.68 Å². The fourth-order valence-corrected chi connectivity index (χ4v) is 3.83. The van der Waals surface area contributed by atoms with Gasteiger partial charge in [0.15, 0.2) is 5.82 Å². The number of benzene rings is 2. The molecule has 7 heteroatoms. The van der Waals surface area contributed by atoms with Crippen LogP contribution in [0.3, 0.4) is 0 Å². The zero-order chi connectivity index (χ0) is 18.4. The van der Waals surface area contributed by atoms with Crippen LogP contribution in [-0.4, -0.2) is 24.4 Å². The average Bonchev–Trinajstić information content (AvgIpc) is 3.23. The first-order valence-electron chi connectivity index (χ1n) is 8.48. The van der Waals surface area contributed by atoms with E-state index in [1.165, 1.54) is 11.9 Å². The minimum atomic E-state index is 0.445. The van der Waals surface area contributed by atoms with Crippen LogP contribution in [0.25, 0.3) is 27.5 Å². The van der Waals surface area contributed by atoms with Crippen molar-refractivity contribution in [3.8, 4) is 11.1 Å². The van der Waals surface area contributed by atoms with Crippen molar-refractivity contribution in [1.82, 2.24) is 24.4 Å². The van der Waals surface area contributed by atoms with Crippen LogP contribution in [0.5, 0.6) is 0 Å². The lowest BCUT2D eigenvalue weighted by Crippen LogP contribution is -1.99. The second-order valence-electron chi connectivity index (χ2n) is 6.37. The number of fused-ring (bicyclic) bond motifs is 2. The molecular weight excluding hydrogens is 404 g/mol. The molecule has 6 nitrogen and oxygen atoms in total. The molecule has 0 aliphatic carbocycles. The van der Waals surface area contributed by atoms with Crippen molar-refractivity contribution in [3.05, 3.63) is 77.3 Å². The van der Waals surface area contributed by atoms with Gasteiger partial charge in [0.25, 0.3) is 0 Å². The Hall–Kier alpha value is -3.19. The molecule has 0 radical (unpaired) electrons. The van der Waals surface area contributed by atoms with Gasteiger partial charge in [-0.05, 0) is 39.2 Å². The van der Waals surface area contributed by atoms with Gasteiger partial charge in [0.1, 0.15) is 16.4 Å². The van der Waals surface area contributed by atoms with Gasteiger partial charge in [0, 0.05) is 17.1 Å². The summed E-state index contributed by atoms with van der Waals surface area (Å²) in [4.78, 5) is 4.13. The molecule has 3 aromatic heterocycles. The molecule has 0 bridgehead atoms. The molecule has 27 heavy (non-hydrogen) atoms. The van der Waals surface area contributed by atoms with Crippen molar-refractivity contribution >= 4 is 38.2 Å². The molecule has 0 fully saturated rings. The van der Waals surface area contributed by atoms with Crippen molar-refractivity contribution in [2.24, 2.45) is 0 Å². The van der Waals surface area contributed by atoms with Crippen LogP contribution in [0.2, 0.25) is 0 Å². The zero-order valence-corrected chi connectivity index (χ0v) is 15.8. The quantitative estimate of drug-likeness (QED) is 0.477. The van der Waals surface area contributed by atoms with Crippen LogP contribution in [0.1, 0.15) is 5.56 Å². The van der Waals surface area contributed by atoms with Crippen molar-refractivity contribution in [2.75, 3.05) is 5.73 Å². The molecular formula is C20H15BrN6. The standard InChI is InChI=1S/C20H15BrN6/c21-18-9-16(19-20(22)23-12-24-27(18)19)14-6-7-15-11-26(25-17(15)8-14)10-13-4-2-1-3-5-13/h1-9,11-12H,10H2,(H2,22,23,24). The number of nitrogens with zero attached hydrogens (tertiary/aromatic N) is 5. The fraction of sp³-hybridized carbons (Fsp3) is 0.0500. The minimum absolute atomic E-state index is 0.445. The zero-order valence-electron chi connectivity index (χ0n) is 14.2. The molecule has 5 aromatic rings. The van der Waals surface area contributed by atoms with Gasteiger partial charge in [0.05, 0.1) is 12.1 Å². The Morgan fingerprint density at radius 2 is 1.89 bits per heavy atom. The van der Waals surface area contributed by atoms with Crippen LogP contribution in [-0.2, 0) is 6.54 Å². The number of nitrogens with two attached hydrogens (primary N) is 1. The van der Waals surface area contributed by atoms with Crippen LogP contribution in [0, 0.1) is 0 Å². The van der Waals surface area contributed by atoms with Crippen molar-refractivity contribution < 1.29 is 0 Å². The lowest BCUT2D eigenvalue weighted by molar-refractivity contribution is 0.696. The first-order chi connectivity index (χ1) is 13.2. The molecule has 0 unspecified atom stereocenters. The predicted molar refractivity (Wildman–Crippen MR) is 109 cm³/mol. The van der Waals surface area contributed by atoms with Gasteiger partial charge in [-0.25, -0.2) is 9.50 Å². The molecule has 0 amide bonds. The van der Waals surface area contributed by atoms with E-state index in [9.17, 15) is 0 Å². The van der Waals surface area contributed by atoms with E-state index in [2.05, 4.69) is 62.5 Å². The first-order valence-corrected chi connectivity index (χ1v) is 9.27. The Balaban J connectivity index is 1.59. The van der Waals surface area contributed by atoms with Crippen molar-refractivity contribution in [1.29, 1.82) is 0 Å². The third kappa shape index (κ3) is 2.76. The summed E-state index contributed by atoms with van der Waals surface area (Å²) in [5.41, 5.74) is 11.0. The maximum Gasteiger partial charge on any atom is 0.152 e. The number of hydrogen-bond donors (Lipinski definition) is 1. The topological polar surface area (TPSA) is 74.0 Å². The van der Waals surface area contributed by atoms with Crippen molar-refractivity contribution in [2.45, 2.75) is 6.54 Å². The van der Waals surface area contributed by atoms with E-state index >= 15 is 0 Å². The highest BCUT2D eigenvalue weighted by atomic mass is 79.9.